The summed E-state index contributed by atoms with van der Waals surface area (Å²) in [6.07, 6.45) is 7.75. The molecule has 8 heterocycles. The third-order valence-corrected chi connectivity index (χ3v) is 34.6. The highest BCUT2D eigenvalue weighted by Crippen LogP contribution is 2.61. The molecule has 1 spiro atoms. The van der Waals surface area contributed by atoms with E-state index in [-0.39, 0.29) is 91.0 Å². The molecule has 15 heteroatoms. The molecule has 418 valence electrons. The second kappa shape index (κ2) is 24.8. The maximum absolute atomic E-state index is 12.1. The van der Waals surface area contributed by atoms with Crippen LogP contribution in [-0.4, -0.2) is 146 Å². The number of aliphatic hydroxyl groups is 2. The van der Waals surface area contributed by atoms with E-state index in [2.05, 4.69) is 94.5 Å². The second-order valence-corrected chi connectivity index (χ2v) is 38.4. The van der Waals surface area contributed by atoms with E-state index < -0.39 is 49.1 Å². The van der Waals surface area contributed by atoms with E-state index in [1.54, 1.807) is 0 Å². The van der Waals surface area contributed by atoms with Gasteiger partial charge in [-0.2, -0.15) is 0 Å². The number of rotatable bonds is 19. The van der Waals surface area contributed by atoms with Crippen LogP contribution >= 0.6 is 0 Å². The third kappa shape index (κ3) is 12.4. The predicted octanol–water partition coefficient (Wildman–Crippen LogP) is 11.6. The first-order valence-corrected chi connectivity index (χ1v) is 37.5. The molecule has 0 amide bonds. The maximum atomic E-state index is 12.1. The zero-order chi connectivity index (χ0) is 52.5. The molecule has 0 aromatic heterocycles. The summed E-state index contributed by atoms with van der Waals surface area (Å²) in [6, 6.07) is 9.52. The van der Waals surface area contributed by atoms with Crippen molar-refractivity contribution < 1.29 is 56.6 Å². The highest BCUT2D eigenvalue weighted by molar-refractivity contribution is 6.74. The van der Waals surface area contributed by atoms with E-state index in [1.165, 1.54) is 5.57 Å². The molecule has 0 aromatic rings. The monoisotopic (exact) mass is 1070 g/mol. The zero-order valence-corrected chi connectivity index (χ0v) is 50.4. The molecule has 9 aliphatic rings. The molecule has 2 N–H and O–H groups in total. The fraction of sp³-hybridized carbons (Fsp3) is 0.897. The van der Waals surface area contributed by atoms with Gasteiger partial charge in [0.25, 0.3) is 0 Å². The first-order chi connectivity index (χ1) is 35.0. The van der Waals surface area contributed by atoms with Gasteiger partial charge >= 0.3 is 0 Å². The fourth-order valence-electron chi connectivity index (χ4n) is 15.0. The first-order valence-electron chi connectivity index (χ1n) is 29.9. The number of hydrogen-bond acceptors (Lipinski definition) is 12. The van der Waals surface area contributed by atoms with Crippen LogP contribution in [0.3, 0.4) is 0 Å². The largest absolute Gasteiger partial charge is 0.414 e. The average Bonchev–Trinajstić information content (AvgIpc) is 3.62. The Morgan fingerprint density at radius 3 is 1.95 bits per heavy atom. The Morgan fingerprint density at radius 2 is 1.32 bits per heavy atom. The maximum Gasteiger partial charge on any atom is 0.192 e. The van der Waals surface area contributed by atoms with Gasteiger partial charge in [-0.1, -0.05) is 94.5 Å². The second-order valence-electron chi connectivity index (χ2n) is 24.2. The molecule has 14 unspecified atom stereocenters. The number of methoxy groups -OCH3 is 1. The van der Waals surface area contributed by atoms with Gasteiger partial charge < -0.3 is 56.6 Å². The lowest BCUT2D eigenvalue weighted by Gasteiger charge is -2.47. The van der Waals surface area contributed by atoms with Crippen molar-refractivity contribution in [1.29, 1.82) is 0 Å². The van der Waals surface area contributed by atoms with E-state index in [0.29, 0.717) is 63.9 Å². The van der Waals surface area contributed by atoms with Crippen molar-refractivity contribution in [3.63, 3.8) is 0 Å². The highest BCUT2D eigenvalue weighted by atomic mass is 28.4. The van der Waals surface area contributed by atoms with Crippen molar-refractivity contribution in [1.82, 2.24) is 0 Å². The van der Waals surface area contributed by atoms with Crippen LogP contribution in [0.4, 0.5) is 0 Å². The standard InChI is InChI=1S/C58H102O12Si3/c1-14-71(15-2,16-3)62-36-42(69-72(17-4,18-5)19-6)31-50-54(61-13)43-30-40(59)25-23-24-26-47-57(70-73(20-7,21-8)22-9)52-33-51(64-47)56-45(60)35-58(67-52,68-56)34-44-53-39(12)46(66-55(44)53)28-27-41-29-37(10)38(11)48(63-41)32-49(43)65-50/h23-24,37,40-57,59-60H,11-12,14-22,25-36H2,1-10,13H3/b24-23+/t37?,40?,41?,42-,43?,44?,45?,46?,47-,48?,49?,50+,51+,52?,53?,54+,55?,56?,57?,58+/m0/s1. The minimum Gasteiger partial charge on any atom is -0.414 e. The molecule has 1 aliphatic carbocycles. The summed E-state index contributed by atoms with van der Waals surface area (Å²) < 4.78 is 70.9. The summed E-state index contributed by atoms with van der Waals surface area (Å²) in [5, 5.41) is 23.8. The number of hydrogen-bond donors (Lipinski definition) is 2. The lowest BCUT2D eigenvalue weighted by molar-refractivity contribution is -0.257. The van der Waals surface area contributed by atoms with Crippen LogP contribution in [0.15, 0.2) is 36.5 Å². The number of ether oxygens (including phenoxy) is 7. The Hall–Kier alpha value is -0.609. The molecule has 9 rings (SSSR count). The van der Waals surface area contributed by atoms with Crippen LogP contribution in [0, 0.1) is 23.7 Å². The van der Waals surface area contributed by atoms with Crippen molar-refractivity contribution in [3.05, 3.63) is 36.5 Å². The minimum atomic E-state index is -2.11. The topological polar surface area (TPSA) is 133 Å². The smallest absolute Gasteiger partial charge is 0.192 e. The van der Waals surface area contributed by atoms with Crippen LogP contribution in [0.1, 0.15) is 140 Å². The molecule has 1 saturated carbocycles. The van der Waals surface area contributed by atoms with E-state index >= 15 is 0 Å². The molecule has 0 aromatic carbocycles. The Kier molecular flexibility index (Phi) is 19.9. The Bertz CT molecular complexity index is 1820. The van der Waals surface area contributed by atoms with Gasteiger partial charge in [-0.15, -0.1) is 0 Å². The fourth-order valence-corrected chi connectivity index (χ4v) is 23.4. The van der Waals surface area contributed by atoms with Crippen molar-refractivity contribution in [2.24, 2.45) is 23.7 Å². The number of aliphatic hydroxyl groups excluding tert-OH is 2. The molecule has 0 radical (unpaired) electrons. The van der Waals surface area contributed by atoms with Gasteiger partial charge in [0, 0.05) is 51.0 Å². The zero-order valence-electron chi connectivity index (χ0n) is 47.4. The lowest BCUT2D eigenvalue weighted by Crippen LogP contribution is -2.58. The summed E-state index contributed by atoms with van der Waals surface area (Å²) in [6.45, 7) is 32.8. The molecule has 7 fully saturated rings. The molecule has 11 bridgehead atoms. The highest BCUT2D eigenvalue weighted by Gasteiger charge is 2.66. The normalized spacial score (nSPS) is 42.2. The molecular formula is C58H102O12Si3. The van der Waals surface area contributed by atoms with Crippen LogP contribution in [0.5, 0.6) is 0 Å². The van der Waals surface area contributed by atoms with Gasteiger partial charge in [-0.05, 0) is 116 Å². The van der Waals surface area contributed by atoms with Gasteiger partial charge in [0.1, 0.15) is 6.10 Å². The van der Waals surface area contributed by atoms with Gasteiger partial charge in [0.05, 0.1) is 92.1 Å². The van der Waals surface area contributed by atoms with E-state index in [1.807, 2.05) is 7.11 Å². The first kappa shape index (κ1) is 58.5. The summed E-state index contributed by atoms with van der Waals surface area (Å²) >= 11 is 0. The Labute approximate surface area is 445 Å². The van der Waals surface area contributed by atoms with E-state index in [4.69, 9.17) is 46.4 Å². The Morgan fingerprint density at radius 1 is 0.644 bits per heavy atom. The Balaban J connectivity index is 1.08. The van der Waals surface area contributed by atoms with Gasteiger partial charge in [0.2, 0.25) is 0 Å². The van der Waals surface area contributed by atoms with Gasteiger partial charge in [-0.3, -0.25) is 0 Å². The lowest BCUT2D eigenvalue weighted by atomic mass is 9.81. The summed E-state index contributed by atoms with van der Waals surface area (Å²) in [7, 11) is -4.22. The summed E-state index contributed by atoms with van der Waals surface area (Å²) in [4.78, 5) is 0. The minimum absolute atomic E-state index is 0.0230. The van der Waals surface area contributed by atoms with E-state index in [9.17, 15) is 10.2 Å². The van der Waals surface area contributed by atoms with Gasteiger partial charge in [0.15, 0.2) is 30.7 Å². The van der Waals surface area contributed by atoms with E-state index in [0.717, 1.165) is 79.2 Å². The average molecular weight is 1080 g/mol. The third-order valence-electron chi connectivity index (χ3n) is 20.6. The number of fused-ring (bicyclic) bond motifs is 8. The van der Waals surface area contributed by atoms with Gasteiger partial charge in [-0.25, -0.2) is 0 Å². The van der Waals surface area contributed by atoms with Crippen LogP contribution in [-0.2, 0) is 46.4 Å². The molecular weight excluding hydrogens is 973 g/mol. The molecule has 12 nitrogen and oxygen atoms in total. The SMILES string of the molecule is C=C1C(C)CC2CCC3OC4C(C[C@]56CC(O)C(O5)[C@H]5CC(O6)C(O[Si](CC)(CC)CC)[C@H](C/C=C/CC(O)CC6C(CC1O2)O[C@H](C[C@@H](CO[Si](CC)(CC)CC)O[Si](CC)(CC)CC)[C@@H]6OC)O5)C4C3=C. The van der Waals surface area contributed by atoms with Crippen molar-refractivity contribution >= 4 is 25.0 Å². The summed E-state index contributed by atoms with van der Waals surface area (Å²) in [5.41, 5.74) is 2.29. The quantitative estimate of drug-likeness (QED) is 0.0942. The van der Waals surface area contributed by atoms with Crippen LogP contribution < -0.4 is 0 Å². The molecule has 8 aliphatic heterocycles. The molecule has 20 atom stereocenters. The molecule has 73 heavy (non-hydrogen) atoms. The molecule has 6 saturated heterocycles. The van der Waals surface area contributed by atoms with Crippen molar-refractivity contribution in [2.45, 2.75) is 292 Å². The van der Waals surface area contributed by atoms with Crippen LogP contribution in [0.25, 0.3) is 0 Å². The predicted molar refractivity (Wildman–Crippen MR) is 295 cm³/mol. The van der Waals surface area contributed by atoms with Crippen LogP contribution in [0.2, 0.25) is 54.4 Å². The van der Waals surface area contributed by atoms with Crippen molar-refractivity contribution in [2.75, 3.05) is 13.7 Å². The van der Waals surface area contributed by atoms with Crippen molar-refractivity contribution in [3.8, 4) is 0 Å². The summed E-state index contributed by atoms with van der Waals surface area (Å²) in [5.74, 6) is -0.259.